The van der Waals surface area contributed by atoms with Crippen molar-refractivity contribution in [2.45, 2.75) is 6.92 Å². The molecule has 0 unspecified atom stereocenters. The van der Waals surface area contributed by atoms with Crippen molar-refractivity contribution in [1.29, 1.82) is 0 Å². The molecule has 0 fully saturated rings. The molecule has 0 amide bonds. The summed E-state index contributed by atoms with van der Waals surface area (Å²) in [6, 6.07) is 4.37. The molecule has 0 spiro atoms. The molecule has 0 heterocycles. The summed E-state index contributed by atoms with van der Waals surface area (Å²) in [5.41, 5.74) is 0.281. The predicted molar refractivity (Wildman–Crippen MR) is 63.0 cm³/mol. The Morgan fingerprint density at radius 2 is 2.31 bits per heavy atom. The molecule has 1 aromatic carbocycles. The third-order valence-corrected chi connectivity index (χ3v) is 2.44. The van der Waals surface area contributed by atoms with Crippen LogP contribution >= 0.6 is 11.8 Å². The second kappa shape index (κ2) is 6.19. The highest BCUT2D eigenvalue weighted by Crippen LogP contribution is 2.15. The number of benzene rings is 1. The zero-order valence-corrected chi connectivity index (χ0v) is 9.86. The minimum absolute atomic E-state index is 0.000383. The summed E-state index contributed by atoms with van der Waals surface area (Å²) in [5, 5.41) is 0.000383. The molecule has 0 N–H and O–H groups in total. The lowest BCUT2D eigenvalue weighted by Gasteiger charge is -2.00. The van der Waals surface area contributed by atoms with Crippen LogP contribution in [0, 0.1) is 17.7 Å². The first kappa shape index (κ1) is 12.6. The number of carbonyl (C=O) groups excluding carboxylic acids is 1. The third-order valence-electron chi connectivity index (χ3n) is 1.74. The Hall–Kier alpha value is -1.47. The second-order valence-corrected chi connectivity index (χ2v) is 4.08. The third kappa shape index (κ3) is 3.95. The fourth-order valence-corrected chi connectivity index (χ4v) is 1.34. The van der Waals surface area contributed by atoms with Crippen LogP contribution in [0.2, 0.25) is 0 Å². The standard InChI is InChI=1S/C12H11FO2S/c1-9(14)16-7-3-4-10-8-11(15-2)5-6-12(10)13/h5-6,8H,7H2,1-2H3. The highest BCUT2D eigenvalue weighted by atomic mass is 32.2. The van der Waals surface area contributed by atoms with Crippen molar-refractivity contribution in [2.75, 3.05) is 12.9 Å². The van der Waals surface area contributed by atoms with Gasteiger partial charge in [-0.05, 0) is 18.2 Å². The van der Waals surface area contributed by atoms with Crippen molar-refractivity contribution in [3.05, 3.63) is 29.6 Å². The molecule has 0 radical (unpaired) electrons. The Balaban J connectivity index is 2.75. The van der Waals surface area contributed by atoms with Gasteiger partial charge in [-0.2, -0.15) is 0 Å². The first-order valence-corrected chi connectivity index (χ1v) is 5.58. The van der Waals surface area contributed by atoms with E-state index in [1.807, 2.05) is 0 Å². The molecule has 4 heteroatoms. The van der Waals surface area contributed by atoms with Gasteiger partial charge in [0.05, 0.1) is 18.4 Å². The quantitative estimate of drug-likeness (QED) is 0.740. The number of rotatable bonds is 2. The Kier molecular flexibility index (Phi) is 4.87. The summed E-state index contributed by atoms with van der Waals surface area (Å²) < 4.78 is 18.2. The van der Waals surface area contributed by atoms with Crippen LogP contribution in [0.25, 0.3) is 0 Å². The van der Waals surface area contributed by atoms with Crippen LogP contribution in [0.5, 0.6) is 5.75 Å². The van der Waals surface area contributed by atoms with Gasteiger partial charge in [-0.15, -0.1) is 0 Å². The minimum Gasteiger partial charge on any atom is -0.497 e. The summed E-state index contributed by atoms with van der Waals surface area (Å²) >= 11 is 1.10. The van der Waals surface area contributed by atoms with Crippen molar-refractivity contribution in [3.8, 4) is 17.6 Å². The number of hydrogen-bond donors (Lipinski definition) is 0. The maximum Gasteiger partial charge on any atom is 0.186 e. The molecule has 0 aliphatic rings. The zero-order valence-electron chi connectivity index (χ0n) is 9.04. The summed E-state index contributed by atoms with van der Waals surface area (Å²) in [5.74, 6) is 5.93. The number of methoxy groups -OCH3 is 1. The normalized spacial score (nSPS) is 9.19. The molecule has 0 saturated carbocycles. The van der Waals surface area contributed by atoms with Gasteiger partial charge in [-0.3, -0.25) is 4.79 Å². The van der Waals surface area contributed by atoms with E-state index in [0.717, 1.165) is 11.8 Å². The van der Waals surface area contributed by atoms with Crippen LogP contribution < -0.4 is 4.74 Å². The maximum atomic E-state index is 13.3. The summed E-state index contributed by atoms with van der Waals surface area (Å²) in [4.78, 5) is 10.6. The number of ether oxygens (including phenoxy) is 1. The van der Waals surface area contributed by atoms with E-state index in [-0.39, 0.29) is 16.5 Å². The molecule has 0 aliphatic heterocycles. The molecular weight excluding hydrogens is 227 g/mol. The number of hydrogen-bond acceptors (Lipinski definition) is 3. The lowest BCUT2D eigenvalue weighted by molar-refractivity contribution is -0.109. The Morgan fingerprint density at radius 3 is 2.94 bits per heavy atom. The van der Waals surface area contributed by atoms with Crippen LogP contribution in [0.15, 0.2) is 18.2 Å². The molecule has 0 atom stereocenters. The van der Waals surface area contributed by atoms with Crippen LogP contribution in [-0.4, -0.2) is 18.0 Å². The minimum atomic E-state index is -0.388. The smallest absolute Gasteiger partial charge is 0.186 e. The van der Waals surface area contributed by atoms with E-state index in [9.17, 15) is 9.18 Å². The van der Waals surface area contributed by atoms with Crippen molar-refractivity contribution in [1.82, 2.24) is 0 Å². The zero-order chi connectivity index (χ0) is 12.0. The van der Waals surface area contributed by atoms with Gasteiger partial charge in [0.25, 0.3) is 0 Å². The molecule has 16 heavy (non-hydrogen) atoms. The SMILES string of the molecule is COc1ccc(F)c(C#CCSC(C)=O)c1. The average molecular weight is 238 g/mol. The largest absolute Gasteiger partial charge is 0.497 e. The molecular formula is C12H11FO2S. The molecule has 0 saturated heterocycles. The van der Waals surface area contributed by atoms with Crippen LogP contribution in [-0.2, 0) is 4.79 Å². The van der Waals surface area contributed by atoms with Crippen LogP contribution in [0.4, 0.5) is 4.39 Å². The van der Waals surface area contributed by atoms with Gasteiger partial charge in [0, 0.05) is 6.92 Å². The van der Waals surface area contributed by atoms with E-state index in [0.29, 0.717) is 11.5 Å². The van der Waals surface area contributed by atoms with E-state index < -0.39 is 0 Å². The number of thioether (sulfide) groups is 1. The van der Waals surface area contributed by atoms with Gasteiger partial charge in [0.2, 0.25) is 0 Å². The monoisotopic (exact) mass is 238 g/mol. The predicted octanol–water partition coefficient (Wildman–Crippen LogP) is 2.47. The molecule has 0 aromatic heterocycles. The Bertz CT molecular complexity index is 446. The molecule has 1 rings (SSSR count). The van der Waals surface area contributed by atoms with Gasteiger partial charge in [0.1, 0.15) is 11.6 Å². The maximum absolute atomic E-state index is 13.3. The second-order valence-electron chi connectivity index (χ2n) is 2.93. The Labute approximate surface area is 98.2 Å². The average Bonchev–Trinajstić information content (AvgIpc) is 2.26. The lowest BCUT2D eigenvalue weighted by Crippen LogP contribution is -1.88. The fourth-order valence-electron chi connectivity index (χ4n) is 0.996. The van der Waals surface area contributed by atoms with Gasteiger partial charge in [-0.1, -0.05) is 23.6 Å². The van der Waals surface area contributed by atoms with Gasteiger partial charge >= 0.3 is 0 Å². The van der Waals surface area contributed by atoms with Crippen LogP contribution in [0.1, 0.15) is 12.5 Å². The number of carbonyl (C=O) groups is 1. The van der Waals surface area contributed by atoms with Gasteiger partial charge < -0.3 is 4.74 Å². The highest BCUT2D eigenvalue weighted by Gasteiger charge is 2.00. The molecule has 2 nitrogen and oxygen atoms in total. The highest BCUT2D eigenvalue weighted by molar-refractivity contribution is 8.13. The first-order chi connectivity index (χ1) is 7.63. The van der Waals surface area contributed by atoms with E-state index in [2.05, 4.69) is 11.8 Å². The number of halogens is 1. The topological polar surface area (TPSA) is 26.3 Å². The van der Waals surface area contributed by atoms with Crippen molar-refractivity contribution in [3.63, 3.8) is 0 Å². The van der Waals surface area contributed by atoms with Crippen molar-refractivity contribution >= 4 is 16.9 Å². The summed E-state index contributed by atoms with van der Waals surface area (Å²) in [6.45, 7) is 1.47. The van der Waals surface area contributed by atoms with E-state index >= 15 is 0 Å². The van der Waals surface area contributed by atoms with Gasteiger partial charge in [0.15, 0.2) is 5.12 Å². The fraction of sp³-hybridized carbons (Fsp3) is 0.250. The lowest BCUT2D eigenvalue weighted by atomic mass is 10.2. The molecule has 1 aromatic rings. The van der Waals surface area contributed by atoms with Crippen molar-refractivity contribution in [2.24, 2.45) is 0 Å². The van der Waals surface area contributed by atoms with E-state index in [1.165, 1.54) is 32.2 Å². The van der Waals surface area contributed by atoms with Crippen LogP contribution in [0.3, 0.4) is 0 Å². The van der Waals surface area contributed by atoms with Gasteiger partial charge in [-0.25, -0.2) is 4.39 Å². The Morgan fingerprint density at radius 1 is 1.56 bits per heavy atom. The molecule has 0 aliphatic carbocycles. The summed E-state index contributed by atoms with van der Waals surface area (Å²) in [7, 11) is 1.51. The summed E-state index contributed by atoms with van der Waals surface area (Å²) in [6.07, 6.45) is 0. The van der Waals surface area contributed by atoms with Crippen molar-refractivity contribution < 1.29 is 13.9 Å². The molecule has 0 bridgehead atoms. The first-order valence-electron chi connectivity index (χ1n) is 4.59. The van der Waals surface area contributed by atoms with E-state index in [1.54, 1.807) is 0 Å². The molecule has 84 valence electrons. The van der Waals surface area contributed by atoms with E-state index in [4.69, 9.17) is 4.74 Å².